The molecule has 0 heterocycles. The fourth-order valence-corrected chi connectivity index (χ4v) is 2.34. The minimum Gasteiger partial charge on any atom is -0.497 e. The molecule has 2 N–H and O–H groups in total. The number of halogens is 3. The van der Waals surface area contributed by atoms with Crippen LogP contribution in [0.1, 0.15) is 16.7 Å². The molecule has 0 atom stereocenters. The average Bonchev–Trinajstić information content (AvgIpc) is 2.64. The summed E-state index contributed by atoms with van der Waals surface area (Å²) >= 11 is 0. The normalized spacial score (nSPS) is 12.0. The second-order valence-electron chi connectivity index (χ2n) is 5.65. The lowest BCUT2D eigenvalue weighted by molar-refractivity contribution is -0.137. The number of rotatable bonds is 6. The summed E-state index contributed by atoms with van der Waals surface area (Å²) in [5.74, 6) is 1.41. The Morgan fingerprint density at radius 3 is 2.12 bits per heavy atom. The van der Waals surface area contributed by atoms with E-state index in [1.54, 1.807) is 14.2 Å². The highest BCUT2D eigenvalue weighted by atomic mass is 19.4. The largest absolute Gasteiger partial charge is 0.497 e. The number of hydrogen-bond acceptors (Lipinski definition) is 2. The van der Waals surface area contributed by atoms with Crippen molar-refractivity contribution < 1.29 is 17.9 Å². The molecule has 2 aromatic rings. The van der Waals surface area contributed by atoms with Crippen LogP contribution in [0, 0.1) is 0 Å². The van der Waals surface area contributed by atoms with Gasteiger partial charge in [0.05, 0.1) is 12.7 Å². The van der Waals surface area contributed by atoms with Crippen LogP contribution in [0.2, 0.25) is 0 Å². The number of aliphatic imine (C=N–C) groups is 1. The number of alkyl halides is 3. The number of methoxy groups -OCH3 is 1. The molecular formula is C19H22F3N3O. The fourth-order valence-electron chi connectivity index (χ4n) is 2.34. The van der Waals surface area contributed by atoms with Crippen molar-refractivity contribution in [3.05, 3.63) is 65.2 Å². The van der Waals surface area contributed by atoms with Crippen molar-refractivity contribution >= 4 is 5.96 Å². The number of nitrogens with zero attached hydrogens (tertiary/aromatic N) is 1. The molecule has 0 radical (unpaired) electrons. The van der Waals surface area contributed by atoms with Crippen molar-refractivity contribution in [1.29, 1.82) is 0 Å². The quantitative estimate of drug-likeness (QED) is 0.607. The Morgan fingerprint density at radius 2 is 1.58 bits per heavy atom. The van der Waals surface area contributed by atoms with Gasteiger partial charge in [-0.3, -0.25) is 4.99 Å². The van der Waals surface area contributed by atoms with Gasteiger partial charge in [-0.25, -0.2) is 0 Å². The summed E-state index contributed by atoms with van der Waals surface area (Å²) in [6.45, 7) is 1.07. The molecule has 0 saturated carbocycles. The van der Waals surface area contributed by atoms with Gasteiger partial charge in [0, 0.05) is 20.1 Å². The average molecular weight is 365 g/mol. The topological polar surface area (TPSA) is 45.7 Å². The fraction of sp³-hybridized carbons (Fsp3) is 0.316. The number of guanidine groups is 1. The third-order valence-corrected chi connectivity index (χ3v) is 3.83. The highest BCUT2D eigenvalue weighted by Crippen LogP contribution is 2.29. The zero-order valence-electron chi connectivity index (χ0n) is 14.7. The SMILES string of the molecule is CN=C(NCCc1ccc(OC)cc1)NCc1ccc(C(F)(F)F)cc1. The molecule has 0 aliphatic heterocycles. The summed E-state index contributed by atoms with van der Waals surface area (Å²) < 4.78 is 42.8. The molecule has 0 unspecified atom stereocenters. The molecule has 0 aliphatic rings. The number of benzene rings is 2. The maximum Gasteiger partial charge on any atom is 0.416 e. The Balaban J connectivity index is 1.78. The predicted molar refractivity (Wildman–Crippen MR) is 96.3 cm³/mol. The molecule has 2 aromatic carbocycles. The first-order chi connectivity index (χ1) is 12.4. The highest BCUT2D eigenvalue weighted by Gasteiger charge is 2.29. The van der Waals surface area contributed by atoms with E-state index in [1.807, 2.05) is 24.3 Å². The van der Waals surface area contributed by atoms with Gasteiger partial charge >= 0.3 is 6.18 Å². The van der Waals surface area contributed by atoms with Crippen LogP contribution in [-0.2, 0) is 19.1 Å². The first-order valence-corrected chi connectivity index (χ1v) is 8.16. The Hall–Kier alpha value is -2.70. The van der Waals surface area contributed by atoms with Gasteiger partial charge in [0.15, 0.2) is 5.96 Å². The molecular weight excluding hydrogens is 343 g/mol. The van der Waals surface area contributed by atoms with Crippen molar-refractivity contribution in [2.24, 2.45) is 4.99 Å². The van der Waals surface area contributed by atoms with Crippen LogP contribution < -0.4 is 15.4 Å². The summed E-state index contributed by atoms with van der Waals surface area (Å²) in [7, 11) is 3.28. The van der Waals surface area contributed by atoms with Crippen LogP contribution in [0.15, 0.2) is 53.5 Å². The van der Waals surface area contributed by atoms with Gasteiger partial charge in [0.2, 0.25) is 0 Å². The van der Waals surface area contributed by atoms with E-state index in [1.165, 1.54) is 12.1 Å². The minimum absolute atomic E-state index is 0.389. The summed E-state index contributed by atoms with van der Waals surface area (Å²) in [6.07, 6.45) is -3.50. The maximum absolute atomic E-state index is 12.6. The lowest BCUT2D eigenvalue weighted by Crippen LogP contribution is -2.37. The van der Waals surface area contributed by atoms with E-state index in [9.17, 15) is 13.2 Å². The first-order valence-electron chi connectivity index (χ1n) is 8.16. The molecule has 2 rings (SSSR count). The van der Waals surface area contributed by atoms with E-state index in [4.69, 9.17) is 4.74 Å². The van der Waals surface area contributed by atoms with Gasteiger partial charge in [0.25, 0.3) is 0 Å². The Kier molecular flexibility index (Phi) is 6.89. The van der Waals surface area contributed by atoms with E-state index < -0.39 is 11.7 Å². The maximum atomic E-state index is 12.6. The molecule has 0 spiro atoms. The zero-order chi connectivity index (χ0) is 19.0. The summed E-state index contributed by atoms with van der Waals surface area (Å²) in [6, 6.07) is 12.9. The third-order valence-electron chi connectivity index (χ3n) is 3.83. The van der Waals surface area contributed by atoms with Gasteiger partial charge in [-0.2, -0.15) is 13.2 Å². The van der Waals surface area contributed by atoms with Gasteiger partial charge in [-0.1, -0.05) is 24.3 Å². The van der Waals surface area contributed by atoms with Gasteiger partial charge in [0.1, 0.15) is 5.75 Å². The third kappa shape index (κ3) is 5.98. The molecule has 26 heavy (non-hydrogen) atoms. The molecule has 0 saturated heterocycles. The van der Waals surface area contributed by atoms with Crippen molar-refractivity contribution in [1.82, 2.24) is 10.6 Å². The second-order valence-corrected chi connectivity index (χ2v) is 5.65. The van der Waals surface area contributed by atoms with Crippen LogP contribution in [0.25, 0.3) is 0 Å². The summed E-state index contributed by atoms with van der Waals surface area (Å²) in [5, 5.41) is 6.27. The van der Waals surface area contributed by atoms with E-state index in [0.717, 1.165) is 35.4 Å². The predicted octanol–water partition coefficient (Wildman–Crippen LogP) is 3.62. The van der Waals surface area contributed by atoms with E-state index in [2.05, 4.69) is 15.6 Å². The number of ether oxygens (including phenoxy) is 1. The minimum atomic E-state index is -4.31. The lowest BCUT2D eigenvalue weighted by atomic mass is 10.1. The molecule has 0 amide bonds. The van der Waals surface area contributed by atoms with Crippen LogP contribution in [-0.4, -0.2) is 26.7 Å². The molecule has 0 bridgehead atoms. The molecule has 0 aromatic heterocycles. The molecule has 4 nitrogen and oxygen atoms in total. The second kappa shape index (κ2) is 9.12. The van der Waals surface area contributed by atoms with Crippen LogP contribution in [0.5, 0.6) is 5.75 Å². The molecule has 0 aliphatic carbocycles. The van der Waals surface area contributed by atoms with Gasteiger partial charge < -0.3 is 15.4 Å². The van der Waals surface area contributed by atoms with Crippen molar-refractivity contribution in [3.63, 3.8) is 0 Å². The molecule has 140 valence electrons. The van der Waals surface area contributed by atoms with Crippen LogP contribution in [0.3, 0.4) is 0 Å². The van der Waals surface area contributed by atoms with Gasteiger partial charge in [-0.05, 0) is 41.8 Å². The van der Waals surface area contributed by atoms with E-state index in [-0.39, 0.29) is 0 Å². The van der Waals surface area contributed by atoms with Crippen molar-refractivity contribution in [2.45, 2.75) is 19.1 Å². The highest BCUT2D eigenvalue weighted by molar-refractivity contribution is 5.79. The first kappa shape index (κ1) is 19.6. The van der Waals surface area contributed by atoms with Gasteiger partial charge in [-0.15, -0.1) is 0 Å². The number of nitrogens with one attached hydrogen (secondary N) is 2. The Bertz CT molecular complexity index is 710. The van der Waals surface area contributed by atoms with Crippen molar-refractivity contribution in [2.75, 3.05) is 20.7 Å². The molecule has 7 heteroatoms. The van der Waals surface area contributed by atoms with E-state index >= 15 is 0 Å². The lowest BCUT2D eigenvalue weighted by Gasteiger charge is -2.13. The smallest absolute Gasteiger partial charge is 0.416 e. The molecule has 0 fully saturated rings. The standard InChI is InChI=1S/C19H22F3N3O/c1-23-18(24-12-11-14-5-9-17(26-2)10-6-14)25-13-15-3-7-16(8-4-15)19(20,21)22/h3-10H,11-13H2,1-2H3,(H2,23,24,25). The zero-order valence-corrected chi connectivity index (χ0v) is 14.7. The number of hydrogen-bond donors (Lipinski definition) is 2. The summed E-state index contributed by atoms with van der Waals surface area (Å²) in [5.41, 5.74) is 1.26. The summed E-state index contributed by atoms with van der Waals surface area (Å²) in [4.78, 5) is 4.11. The monoisotopic (exact) mass is 365 g/mol. The Labute approximate surface area is 151 Å². The van der Waals surface area contributed by atoms with Crippen LogP contribution in [0.4, 0.5) is 13.2 Å². The van der Waals surface area contributed by atoms with Crippen molar-refractivity contribution in [3.8, 4) is 5.75 Å². The Morgan fingerprint density at radius 1 is 0.962 bits per heavy atom. The van der Waals surface area contributed by atoms with Crippen LogP contribution >= 0.6 is 0 Å². The van der Waals surface area contributed by atoms with E-state index in [0.29, 0.717) is 19.0 Å².